The van der Waals surface area contributed by atoms with Crippen LogP contribution in [0.25, 0.3) is 0 Å². The number of unbranched alkanes of at least 4 members (excludes halogenated alkanes) is 2. The Kier molecular flexibility index (Phi) is 8.56. The molecule has 182 valence electrons. The molecule has 0 bridgehead atoms. The maximum Gasteiger partial charge on any atom is 0.253 e. The Morgan fingerprint density at radius 3 is 2.30 bits per heavy atom. The maximum absolute atomic E-state index is 12.8. The van der Waals surface area contributed by atoms with Crippen LogP contribution in [0.4, 0.5) is 5.82 Å². The van der Waals surface area contributed by atoms with Crippen molar-refractivity contribution < 1.29 is 9.59 Å². The Morgan fingerprint density at radius 2 is 1.70 bits per heavy atom. The van der Waals surface area contributed by atoms with Crippen LogP contribution in [-0.4, -0.2) is 103 Å². The summed E-state index contributed by atoms with van der Waals surface area (Å²) >= 11 is 0. The molecule has 4 rings (SSSR count). The molecule has 3 heterocycles. The zero-order valence-electron chi connectivity index (χ0n) is 20.2. The lowest BCUT2D eigenvalue weighted by atomic mass is 9.93. The second-order valence-electron chi connectivity index (χ2n) is 9.70. The van der Waals surface area contributed by atoms with Crippen LogP contribution in [0, 0.1) is 0 Å². The van der Waals surface area contributed by atoms with Crippen molar-refractivity contribution in [3.8, 4) is 0 Å². The number of anilines is 1. The van der Waals surface area contributed by atoms with Gasteiger partial charge in [-0.2, -0.15) is 0 Å². The molecule has 33 heavy (non-hydrogen) atoms. The molecule has 3 fully saturated rings. The van der Waals surface area contributed by atoms with E-state index in [0.29, 0.717) is 18.2 Å². The highest BCUT2D eigenvalue weighted by Gasteiger charge is 2.25. The number of aromatic nitrogens is 1. The fourth-order valence-electron chi connectivity index (χ4n) is 4.76. The van der Waals surface area contributed by atoms with Gasteiger partial charge >= 0.3 is 0 Å². The van der Waals surface area contributed by atoms with E-state index in [1.807, 2.05) is 17.0 Å². The highest BCUT2D eigenvalue weighted by Crippen LogP contribution is 2.19. The van der Waals surface area contributed by atoms with E-state index >= 15 is 0 Å². The summed E-state index contributed by atoms with van der Waals surface area (Å²) in [5.41, 5.74) is 0.625. The third-order valence-electron chi connectivity index (χ3n) is 7.31. The van der Waals surface area contributed by atoms with E-state index in [1.54, 1.807) is 6.20 Å². The Hall–Kier alpha value is -2.19. The summed E-state index contributed by atoms with van der Waals surface area (Å²) in [5, 5.41) is 3.06. The zero-order valence-corrected chi connectivity index (χ0v) is 20.2. The van der Waals surface area contributed by atoms with Crippen molar-refractivity contribution in [2.45, 2.75) is 51.5 Å². The van der Waals surface area contributed by atoms with Crippen molar-refractivity contribution in [2.75, 3.05) is 70.3 Å². The van der Waals surface area contributed by atoms with Crippen LogP contribution >= 0.6 is 0 Å². The summed E-state index contributed by atoms with van der Waals surface area (Å²) in [6.45, 7) is 11.0. The number of hydrogen-bond donors (Lipinski definition) is 1. The summed E-state index contributed by atoms with van der Waals surface area (Å²) in [4.78, 5) is 38.6. The Morgan fingerprint density at radius 1 is 0.970 bits per heavy atom. The lowest BCUT2D eigenvalue weighted by Crippen LogP contribution is -2.54. The number of nitrogens with one attached hydrogen (secondary N) is 1. The van der Waals surface area contributed by atoms with Gasteiger partial charge in [0.15, 0.2) is 0 Å². The van der Waals surface area contributed by atoms with Gasteiger partial charge in [0.05, 0.1) is 12.1 Å². The number of carbonyl (C=O) groups excluding carboxylic acids is 2. The molecule has 1 aromatic heterocycles. The lowest BCUT2D eigenvalue weighted by molar-refractivity contribution is -0.134. The number of nitrogens with zero attached hydrogens (tertiary/aromatic N) is 5. The molecule has 2 aliphatic heterocycles. The average molecular weight is 457 g/mol. The van der Waals surface area contributed by atoms with Gasteiger partial charge in [0.2, 0.25) is 5.91 Å². The number of amides is 2. The highest BCUT2D eigenvalue weighted by molar-refractivity contribution is 5.94. The van der Waals surface area contributed by atoms with Crippen molar-refractivity contribution in [3.05, 3.63) is 23.9 Å². The first kappa shape index (κ1) is 24.0. The van der Waals surface area contributed by atoms with Gasteiger partial charge in [0.1, 0.15) is 5.82 Å². The average Bonchev–Trinajstić information content (AvgIpc) is 2.82. The van der Waals surface area contributed by atoms with Crippen molar-refractivity contribution in [1.29, 1.82) is 0 Å². The summed E-state index contributed by atoms with van der Waals surface area (Å²) in [6, 6.07) is 4.15. The number of carbonyl (C=O) groups is 2. The SMILES string of the molecule is CCCCCN1CCN(C(=O)CN2CCN(c3ccc(C(=O)NC4CCC4)cn3)CC2)CC1. The van der Waals surface area contributed by atoms with Crippen molar-refractivity contribution >= 4 is 17.6 Å². The fourth-order valence-corrected chi connectivity index (χ4v) is 4.76. The minimum atomic E-state index is -0.0242. The molecule has 0 spiro atoms. The molecule has 0 aromatic carbocycles. The van der Waals surface area contributed by atoms with Gasteiger partial charge in [0, 0.05) is 64.6 Å². The normalized spacial score (nSPS) is 20.5. The predicted molar refractivity (Wildman–Crippen MR) is 131 cm³/mol. The standard InChI is InChI=1S/C25H40N6O2/c1-2-3-4-10-28-11-17-31(18-12-28)24(32)20-29-13-15-30(16-14-29)23-9-8-21(19-26-23)25(33)27-22-6-5-7-22/h8-9,19,22H,2-7,10-18,20H2,1H3,(H,27,33). The second-order valence-corrected chi connectivity index (χ2v) is 9.70. The molecule has 0 atom stereocenters. The van der Waals surface area contributed by atoms with Crippen LogP contribution in [-0.2, 0) is 4.79 Å². The molecule has 0 radical (unpaired) electrons. The van der Waals surface area contributed by atoms with Crippen LogP contribution in [0.2, 0.25) is 0 Å². The van der Waals surface area contributed by atoms with Crippen molar-refractivity contribution in [1.82, 2.24) is 25.0 Å². The first-order valence-corrected chi connectivity index (χ1v) is 12.9. The first-order valence-electron chi connectivity index (χ1n) is 12.9. The van der Waals surface area contributed by atoms with Crippen LogP contribution in [0.3, 0.4) is 0 Å². The molecule has 8 heteroatoms. The highest BCUT2D eigenvalue weighted by atomic mass is 16.2. The quantitative estimate of drug-likeness (QED) is 0.572. The topological polar surface area (TPSA) is 72.0 Å². The maximum atomic E-state index is 12.8. The molecule has 3 aliphatic rings. The molecular formula is C25H40N6O2. The molecule has 8 nitrogen and oxygen atoms in total. The Balaban J connectivity index is 1.16. The number of piperazine rings is 2. The van der Waals surface area contributed by atoms with Crippen LogP contribution in [0.1, 0.15) is 55.8 Å². The van der Waals surface area contributed by atoms with E-state index in [-0.39, 0.29) is 11.8 Å². The molecule has 2 amide bonds. The van der Waals surface area contributed by atoms with E-state index in [1.165, 1.54) is 25.7 Å². The van der Waals surface area contributed by atoms with Crippen LogP contribution in [0.15, 0.2) is 18.3 Å². The largest absolute Gasteiger partial charge is 0.354 e. The molecule has 0 unspecified atom stereocenters. The predicted octanol–water partition coefficient (Wildman–Crippen LogP) is 1.82. The summed E-state index contributed by atoms with van der Waals surface area (Å²) in [5.74, 6) is 1.14. The first-order chi connectivity index (χ1) is 16.1. The van der Waals surface area contributed by atoms with Gasteiger partial charge in [-0.25, -0.2) is 4.98 Å². The van der Waals surface area contributed by atoms with Crippen molar-refractivity contribution in [3.63, 3.8) is 0 Å². The minimum Gasteiger partial charge on any atom is -0.354 e. The number of rotatable bonds is 9. The molecular weight excluding hydrogens is 416 g/mol. The third kappa shape index (κ3) is 6.67. The fraction of sp³-hybridized carbons (Fsp3) is 0.720. The third-order valence-corrected chi connectivity index (χ3v) is 7.31. The zero-order chi connectivity index (χ0) is 23.0. The van der Waals surface area contributed by atoms with Gasteiger partial charge < -0.3 is 15.1 Å². The molecule has 1 N–H and O–H groups in total. The number of hydrogen-bond acceptors (Lipinski definition) is 6. The van der Waals surface area contributed by atoms with Gasteiger partial charge in [0.25, 0.3) is 5.91 Å². The van der Waals surface area contributed by atoms with E-state index in [2.05, 4.69) is 31.9 Å². The summed E-state index contributed by atoms with van der Waals surface area (Å²) in [7, 11) is 0. The van der Waals surface area contributed by atoms with E-state index in [0.717, 1.165) is 77.6 Å². The van der Waals surface area contributed by atoms with E-state index in [4.69, 9.17) is 0 Å². The van der Waals surface area contributed by atoms with E-state index in [9.17, 15) is 9.59 Å². The van der Waals surface area contributed by atoms with Gasteiger partial charge in [-0.3, -0.25) is 19.4 Å². The second kappa shape index (κ2) is 11.8. The van der Waals surface area contributed by atoms with E-state index < -0.39 is 0 Å². The van der Waals surface area contributed by atoms with Crippen LogP contribution in [0.5, 0.6) is 0 Å². The monoisotopic (exact) mass is 456 g/mol. The van der Waals surface area contributed by atoms with Crippen molar-refractivity contribution in [2.24, 2.45) is 0 Å². The Bertz CT molecular complexity index is 766. The van der Waals surface area contributed by atoms with Gasteiger partial charge in [-0.05, 0) is 44.4 Å². The summed E-state index contributed by atoms with van der Waals surface area (Å²) < 4.78 is 0. The molecule has 1 saturated carbocycles. The van der Waals surface area contributed by atoms with Gasteiger partial charge in [-0.15, -0.1) is 0 Å². The Labute approximate surface area is 198 Å². The molecule has 2 saturated heterocycles. The van der Waals surface area contributed by atoms with Crippen LogP contribution < -0.4 is 10.2 Å². The van der Waals surface area contributed by atoms with Gasteiger partial charge in [-0.1, -0.05) is 19.8 Å². The lowest BCUT2D eigenvalue weighted by Gasteiger charge is -2.38. The molecule has 1 aromatic rings. The molecule has 1 aliphatic carbocycles. The minimum absolute atomic E-state index is 0.0242. The summed E-state index contributed by atoms with van der Waals surface area (Å²) in [6.07, 6.45) is 8.86. The smallest absolute Gasteiger partial charge is 0.253 e. The number of pyridine rings is 1.